The van der Waals surface area contributed by atoms with Gasteiger partial charge in [0.15, 0.2) is 0 Å². The molecule has 0 amide bonds. The molecule has 0 spiro atoms. The number of benzene rings is 1. The molecular formula is C13H13N7O. The topological polar surface area (TPSA) is 105 Å². The molecule has 0 aliphatic carbocycles. The summed E-state index contributed by atoms with van der Waals surface area (Å²) in [6, 6.07) is 9.53. The highest BCUT2D eigenvalue weighted by Crippen LogP contribution is 2.23. The summed E-state index contributed by atoms with van der Waals surface area (Å²) >= 11 is 0. The Morgan fingerprint density at radius 1 is 1.19 bits per heavy atom. The van der Waals surface area contributed by atoms with E-state index in [0.717, 1.165) is 5.56 Å². The number of hydrogen-bond donors (Lipinski definition) is 1. The van der Waals surface area contributed by atoms with Crippen molar-refractivity contribution in [3.63, 3.8) is 0 Å². The normalized spacial score (nSPS) is 10.5. The van der Waals surface area contributed by atoms with Crippen LogP contribution in [-0.4, -0.2) is 36.8 Å². The van der Waals surface area contributed by atoms with Crippen molar-refractivity contribution in [2.75, 3.05) is 12.3 Å². The van der Waals surface area contributed by atoms with Crippen LogP contribution in [0.2, 0.25) is 0 Å². The highest BCUT2D eigenvalue weighted by molar-refractivity contribution is 5.59. The van der Waals surface area contributed by atoms with E-state index in [1.807, 2.05) is 37.3 Å². The number of anilines is 1. The van der Waals surface area contributed by atoms with Gasteiger partial charge in [-0.25, -0.2) is 4.98 Å². The summed E-state index contributed by atoms with van der Waals surface area (Å²) in [5.74, 6) is 1.13. The lowest BCUT2D eigenvalue weighted by atomic mass is 10.2. The molecule has 3 rings (SSSR count). The molecule has 2 heterocycles. The Bertz CT molecular complexity index is 741. The van der Waals surface area contributed by atoms with Crippen molar-refractivity contribution in [2.45, 2.75) is 6.92 Å². The average Bonchev–Trinajstić information content (AvgIpc) is 3.00. The third-order valence-electron chi connectivity index (χ3n) is 2.74. The summed E-state index contributed by atoms with van der Waals surface area (Å²) in [5, 5.41) is 12.3. The van der Waals surface area contributed by atoms with Crippen LogP contribution in [0.1, 0.15) is 6.92 Å². The number of nitrogens with two attached hydrogens (primary N) is 1. The van der Waals surface area contributed by atoms with Crippen LogP contribution < -0.4 is 10.5 Å². The zero-order valence-electron chi connectivity index (χ0n) is 11.3. The average molecular weight is 283 g/mol. The van der Waals surface area contributed by atoms with E-state index in [4.69, 9.17) is 10.5 Å². The molecule has 0 fully saturated rings. The van der Waals surface area contributed by atoms with Crippen molar-refractivity contribution < 1.29 is 4.74 Å². The van der Waals surface area contributed by atoms with Crippen molar-refractivity contribution in [2.24, 2.45) is 0 Å². The lowest BCUT2D eigenvalue weighted by molar-refractivity contribution is 0.328. The van der Waals surface area contributed by atoms with Gasteiger partial charge in [0.25, 0.3) is 0 Å². The SMILES string of the molecule is CCOc1ncnc(-n2nnc(-c3ccccc3)n2)c1N. The maximum absolute atomic E-state index is 5.97. The van der Waals surface area contributed by atoms with Crippen molar-refractivity contribution in [1.29, 1.82) is 0 Å². The van der Waals surface area contributed by atoms with Gasteiger partial charge in [-0.05, 0) is 12.1 Å². The van der Waals surface area contributed by atoms with E-state index in [1.165, 1.54) is 11.1 Å². The zero-order chi connectivity index (χ0) is 14.7. The fourth-order valence-corrected chi connectivity index (χ4v) is 1.79. The second-order valence-corrected chi connectivity index (χ2v) is 4.12. The zero-order valence-corrected chi connectivity index (χ0v) is 11.3. The smallest absolute Gasteiger partial charge is 0.242 e. The van der Waals surface area contributed by atoms with Crippen LogP contribution in [0.5, 0.6) is 5.88 Å². The molecule has 0 unspecified atom stereocenters. The minimum Gasteiger partial charge on any atom is -0.476 e. The Kier molecular flexibility index (Phi) is 3.42. The maximum Gasteiger partial charge on any atom is 0.242 e. The summed E-state index contributed by atoms with van der Waals surface area (Å²) in [6.07, 6.45) is 1.35. The van der Waals surface area contributed by atoms with E-state index < -0.39 is 0 Å². The molecule has 0 aliphatic rings. The first-order valence-corrected chi connectivity index (χ1v) is 6.38. The lowest BCUT2D eigenvalue weighted by Gasteiger charge is -2.07. The van der Waals surface area contributed by atoms with Crippen molar-refractivity contribution >= 4 is 5.69 Å². The molecule has 8 heteroatoms. The van der Waals surface area contributed by atoms with Crippen LogP contribution in [0.4, 0.5) is 5.69 Å². The largest absolute Gasteiger partial charge is 0.476 e. The second-order valence-electron chi connectivity index (χ2n) is 4.12. The summed E-state index contributed by atoms with van der Waals surface area (Å²) < 4.78 is 5.32. The maximum atomic E-state index is 5.97. The molecule has 1 aromatic carbocycles. The Morgan fingerprint density at radius 2 is 2.00 bits per heavy atom. The minimum absolute atomic E-state index is 0.274. The first-order valence-electron chi connectivity index (χ1n) is 6.38. The third-order valence-corrected chi connectivity index (χ3v) is 2.74. The lowest BCUT2D eigenvalue weighted by Crippen LogP contribution is -2.09. The van der Waals surface area contributed by atoms with Crippen LogP contribution in [0.25, 0.3) is 17.2 Å². The molecule has 106 valence electrons. The molecule has 2 N–H and O–H groups in total. The van der Waals surface area contributed by atoms with Crippen molar-refractivity contribution in [3.05, 3.63) is 36.7 Å². The Morgan fingerprint density at radius 3 is 2.76 bits per heavy atom. The van der Waals surface area contributed by atoms with Gasteiger partial charge < -0.3 is 10.5 Å². The molecule has 3 aromatic rings. The van der Waals surface area contributed by atoms with Crippen LogP contribution in [0.3, 0.4) is 0 Å². The van der Waals surface area contributed by atoms with E-state index in [2.05, 4.69) is 25.4 Å². The van der Waals surface area contributed by atoms with E-state index in [1.54, 1.807) is 0 Å². The van der Waals surface area contributed by atoms with Gasteiger partial charge in [0, 0.05) is 5.56 Å². The summed E-state index contributed by atoms with van der Waals surface area (Å²) in [4.78, 5) is 9.32. The van der Waals surface area contributed by atoms with E-state index in [9.17, 15) is 0 Å². The molecule has 0 bridgehead atoms. The number of rotatable bonds is 4. The van der Waals surface area contributed by atoms with Crippen molar-refractivity contribution in [3.8, 4) is 23.1 Å². The van der Waals surface area contributed by atoms with Crippen LogP contribution in [0, 0.1) is 0 Å². The Labute approximate surface area is 120 Å². The van der Waals surface area contributed by atoms with Gasteiger partial charge in [-0.3, -0.25) is 0 Å². The first kappa shape index (κ1) is 13.0. The van der Waals surface area contributed by atoms with Gasteiger partial charge in [0.1, 0.15) is 12.0 Å². The van der Waals surface area contributed by atoms with E-state index in [-0.39, 0.29) is 5.69 Å². The highest BCUT2D eigenvalue weighted by Gasteiger charge is 2.14. The molecule has 0 saturated carbocycles. The quantitative estimate of drug-likeness (QED) is 0.764. The van der Waals surface area contributed by atoms with Crippen LogP contribution in [0.15, 0.2) is 36.7 Å². The molecule has 8 nitrogen and oxygen atoms in total. The van der Waals surface area contributed by atoms with Crippen molar-refractivity contribution in [1.82, 2.24) is 30.2 Å². The summed E-state index contributed by atoms with van der Waals surface area (Å²) in [6.45, 7) is 2.31. The molecular weight excluding hydrogens is 270 g/mol. The van der Waals surface area contributed by atoms with E-state index in [0.29, 0.717) is 24.1 Å². The highest BCUT2D eigenvalue weighted by atomic mass is 16.5. The second kappa shape index (κ2) is 5.53. The molecule has 2 aromatic heterocycles. The van der Waals surface area contributed by atoms with Gasteiger partial charge in [0.2, 0.25) is 17.5 Å². The van der Waals surface area contributed by atoms with Crippen LogP contribution in [-0.2, 0) is 0 Å². The number of nitrogens with zero attached hydrogens (tertiary/aromatic N) is 6. The number of ether oxygens (including phenoxy) is 1. The predicted molar refractivity (Wildman–Crippen MR) is 75.8 cm³/mol. The standard InChI is InChI=1S/C13H13N7O/c1-2-21-13-10(14)12(15-8-16-13)20-18-11(17-19-20)9-6-4-3-5-7-9/h3-8H,2,14H2,1H3. The summed E-state index contributed by atoms with van der Waals surface area (Å²) in [5.41, 5.74) is 7.11. The Hall–Kier alpha value is -3.03. The molecule has 0 radical (unpaired) electrons. The fraction of sp³-hybridized carbons (Fsp3) is 0.154. The number of aromatic nitrogens is 6. The number of nitrogen functional groups attached to an aromatic ring is 1. The Balaban J connectivity index is 1.99. The van der Waals surface area contributed by atoms with Crippen LogP contribution >= 0.6 is 0 Å². The van der Waals surface area contributed by atoms with E-state index >= 15 is 0 Å². The fourth-order valence-electron chi connectivity index (χ4n) is 1.79. The molecule has 21 heavy (non-hydrogen) atoms. The summed E-state index contributed by atoms with van der Waals surface area (Å²) in [7, 11) is 0. The molecule has 0 atom stereocenters. The molecule has 0 aliphatic heterocycles. The predicted octanol–water partition coefficient (Wildman–Crippen LogP) is 1.10. The monoisotopic (exact) mass is 283 g/mol. The van der Waals surface area contributed by atoms with Gasteiger partial charge in [-0.15, -0.1) is 15.0 Å². The van der Waals surface area contributed by atoms with Gasteiger partial charge in [0.05, 0.1) is 6.61 Å². The number of tetrazole rings is 1. The molecule has 0 saturated heterocycles. The van der Waals surface area contributed by atoms with Gasteiger partial charge >= 0.3 is 0 Å². The third kappa shape index (κ3) is 2.50. The van der Waals surface area contributed by atoms with Gasteiger partial charge in [-0.1, -0.05) is 30.3 Å². The first-order chi connectivity index (χ1) is 10.3. The minimum atomic E-state index is 0.274. The van der Waals surface area contributed by atoms with Gasteiger partial charge in [-0.2, -0.15) is 4.98 Å². The number of hydrogen-bond acceptors (Lipinski definition) is 7.